The van der Waals surface area contributed by atoms with Crippen LogP contribution >= 0.6 is 0 Å². The highest BCUT2D eigenvalue weighted by Gasteiger charge is 2.22. The van der Waals surface area contributed by atoms with Crippen LogP contribution in [0.15, 0.2) is 224 Å². The molecule has 55 heavy (non-hydrogen) atoms. The molecule has 0 aliphatic carbocycles. The van der Waals surface area contributed by atoms with Gasteiger partial charge in [-0.1, -0.05) is 182 Å². The number of fused-ring (bicyclic) bond motifs is 4. The molecule has 0 aromatic heterocycles. The van der Waals surface area contributed by atoms with Gasteiger partial charge in [0.05, 0.1) is 0 Å². The summed E-state index contributed by atoms with van der Waals surface area (Å²) < 4.78 is 0. The summed E-state index contributed by atoms with van der Waals surface area (Å²) in [5.74, 6) is 0. The molecule has 10 aromatic rings. The Morgan fingerprint density at radius 1 is 0.236 bits per heavy atom. The lowest BCUT2D eigenvalue weighted by Crippen LogP contribution is -2.10. The highest BCUT2D eigenvalue weighted by atomic mass is 15.1. The van der Waals surface area contributed by atoms with Crippen LogP contribution in [0.2, 0.25) is 0 Å². The first-order valence-corrected chi connectivity index (χ1v) is 18.9. The van der Waals surface area contributed by atoms with E-state index in [1.807, 2.05) is 0 Å². The molecular formula is C54H37N. The van der Waals surface area contributed by atoms with Crippen LogP contribution < -0.4 is 4.90 Å². The molecule has 0 bridgehead atoms. The number of benzene rings is 10. The molecule has 0 saturated heterocycles. The molecule has 0 atom stereocenters. The summed E-state index contributed by atoms with van der Waals surface area (Å²) in [7, 11) is 0. The Morgan fingerprint density at radius 2 is 0.800 bits per heavy atom. The first kappa shape index (κ1) is 32.4. The van der Waals surface area contributed by atoms with Gasteiger partial charge in [0, 0.05) is 17.1 Å². The maximum atomic E-state index is 2.41. The maximum Gasteiger partial charge on any atom is 0.0474 e. The van der Waals surface area contributed by atoms with Gasteiger partial charge < -0.3 is 4.90 Å². The zero-order chi connectivity index (χ0) is 36.6. The molecule has 0 aliphatic heterocycles. The summed E-state index contributed by atoms with van der Waals surface area (Å²) in [6.45, 7) is 0. The standard InChI is InChI=1S/C54H37N/c1-5-16-38(17-6-1)43-29-28-39-30-32-46(35-44(39)34-43)55(45-23-11-4-12-24-45)47-36-52(40-18-7-2-8-19-40)54(53(37-47)41-20-9-3-10-21-41)51-27-15-26-49-48-25-14-13-22-42(48)31-33-50(49)51/h1-37H. The molecule has 0 radical (unpaired) electrons. The summed E-state index contributed by atoms with van der Waals surface area (Å²) >= 11 is 0. The summed E-state index contributed by atoms with van der Waals surface area (Å²) in [5.41, 5.74) is 12.9. The number of anilines is 3. The molecule has 10 aromatic carbocycles. The largest absolute Gasteiger partial charge is 0.310 e. The minimum Gasteiger partial charge on any atom is -0.310 e. The Morgan fingerprint density at radius 3 is 1.49 bits per heavy atom. The number of nitrogens with zero attached hydrogens (tertiary/aromatic N) is 1. The van der Waals surface area contributed by atoms with Crippen molar-refractivity contribution in [1.82, 2.24) is 0 Å². The van der Waals surface area contributed by atoms with E-state index in [-0.39, 0.29) is 0 Å². The lowest BCUT2D eigenvalue weighted by molar-refractivity contribution is 1.29. The number of hydrogen-bond donors (Lipinski definition) is 0. The summed E-state index contributed by atoms with van der Waals surface area (Å²) in [5, 5.41) is 7.43. The molecule has 1 nitrogen and oxygen atoms in total. The number of para-hydroxylation sites is 1. The molecule has 10 rings (SSSR count). The molecule has 0 unspecified atom stereocenters. The van der Waals surface area contributed by atoms with Gasteiger partial charge in [0.2, 0.25) is 0 Å². The van der Waals surface area contributed by atoms with E-state index in [1.54, 1.807) is 0 Å². The van der Waals surface area contributed by atoms with Crippen molar-refractivity contribution in [2.75, 3.05) is 4.90 Å². The molecule has 0 fully saturated rings. The summed E-state index contributed by atoms with van der Waals surface area (Å²) in [6.07, 6.45) is 0. The van der Waals surface area contributed by atoms with E-state index < -0.39 is 0 Å². The van der Waals surface area contributed by atoms with E-state index in [1.165, 1.54) is 76.8 Å². The van der Waals surface area contributed by atoms with Crippen LogP contribution in [0.25, 0.3) is 76.8 Å². The van der Waals surface area contributed by atoms with Crippen LogP contribution in [0, 0.1) is 0 Å². The van der Waals surface area contributed by atoms with Gasteiger partial charge in [0.1, 0.15) is 0 Å². The van der Waals surface area contributed by atoms with E-state index in [2.05, 4.69) is 229 Å². The second-order valence-electron chi connectivity index (χ2n) is 14.1. The van der Waals surface area contributed by atoms with Crippen molar-refractivity contribution in [2.45, 2.75) is 0 Å². The third kappa shape index (κ3) is 6.02. The molecule has 0 heterocycles. The fourth-order valence-corrected chi connectivity index (χ4v) is 8.20. The zero-order valence-corrected chi connectivity index (χ0v) is 30.3. The molecule has 0 amide bonds. The molecular weight excluding hydrogens is 663 g/mol. The Balaban J connectivity index is 1.26. The van der Waals surface area contributed by atoms with E-state index in [4.69, 9.17) is 0 Å². The Hall–Kier alpha value is -7.22. The third-order valence-corrected chi connectivity index (χ3v) is 10.8. The maximum absolute atomic E-state index is 2.41. The van der Waals surface area contributed by atoms with Crippen LogP contribution in [0.1, 0.15) is 0 Å². The van der Waals surface area contributed by atoms with Gasteiger partial charge >= 0.3 is 0 Å². The van der Waals surface area contributed by atoms with E-state index >= 15 is 0 Å². The smallest absolute Gasteiger partial charge is 0.0474 e. The number of rotatable bonds is 7. The number of hydrogen-bond acceptors (Lipinski definition) is 1. The van der Waals surface area contributed by atoms with Gasteiger partial charge in [-0.2, -0.15) is 0 Å². The molecule has 1 heteroatoms. The predicted octanol–water partition coefficient (Wildman–Crippen LogP) is 15.3. The second-order valence-corrected chi connectivity index (χ2v) is 14.1. The minimum absolute atomic E-state index is 1.09. The average molecular weight is 700 g/mol. The highest BCUT2D eigenvalue weighted by molar-refractivity contribution is 6.15. The van der Waals surface area contributed by atoms with Crippen LogP contribution in [0.5, 0.6) is 0 Å². The Kier molecular flexibility index (Phi) is 8.24. The van der Waals surface area contributed by atoms with Crippen molar-refractivity contribution in [1.29, 1.82) is 0 Å². The van der Waals surface area contributed by atoms with Gasteiger partial charge in [-0.3, -0.25) is 0 Å². The molecule has 0 N–H and O–H groups in total. The Bertz CT molecular complexity index is 2890. The summed E-state index contributed by atoms with van der Waals surface area (Å²) in [4.78, 5) is 2.41. The molecule has 258 valence electrons. The fraction of sp³-hybridized carbons (Fsp3) is 0. The molecule has 0 saturated carbocycles. The highest BCUT2D eigenvalue weighted by Crippen LogP contribution is 2.48. The second kappa shape index (κ2) is 14.0. The van der Waals surface area contributed by atoms with Gasteiger partial charge in [-0.05, 0) is 119 Å². The first-order valence-electron chi connectivity index (χ1n) is 18.9. The van der Waals surface area contributed by atoms with Crippen molar-refractivity contribution in [3.05, 3.63) is 224 Å². The van der Waals surface area contributed by atoms with Crippen molar-refractivity contribution >= 4 is 49.4 Å². The van der Waals surface area contributed by atoms with Crippen molar-refractivity contribution in [3.63, 3.8) is 0 Å². The van der Waals surface area contributed by atoms with Crippen LogP contribution in [0.3, 0.4) is 0 Å². The third-order valence-electron chi connectivity index (χ3n) is 10.8. The van der Waals surface area contributed by atoms with Gasteiger partial charge in [-0.25, -0.2) is 0 Å². The van der Waals surface area contributed by atoms with Crippen LogP contribution in [0.4, 0.5) is 17.1 Å². The SMILES string of the molecule is c1ccc(-c2ccc3ccc(N(c4ccccc4)c4cc(-c5ccccc5)c(-c5cccc6c5ccc5ccccc56)c(-c5ccccc5)c4)cc3c2)cc1. The van der Waals surface area contributed by atoms with Crippen LogP contribution in [-0.4, -0.2) is 0 Å². The minimum atomic E-state index is 1.09. The monoisotopic (exact) mass is 699 g/mol. The van der Waals surface area contributed by atoms with E-state index in [9.17, 15) is 0 Å². The quantitative estimate of drug-likeness (QED) is 0.150. The average Bonchev–Trinajstić information content (AvgIpc) is 3.27. The van der Waals surface area contributed by atoms with Crippen molar-refractivity contribution in [3.8, 4) is 44.5 Å². The van der Waals surface area contributed by atoms with Crippen molar-refractivity contribution in [2.24, 2.45) is 0 Å². The van der Waals surface area contributed by atoms with Gasteiger partial charge in [0.25, 0.3) is 0 Å². The first-order chi connectivity index (χ1) is 27.3. The molecule has 0 spiro atoms. The van der Waals surface area contributed by atoms with Crippen LogP contribution in [-0.2, 0) is 0 Å². The van der Waals surface area contributed by atoms with Crippen molar-refractivity contribution < 1.29 is 0 Å². The lowest BCUT2D eigenvalue weighted by Gasteiger charge is -2.29. The predicted molar refractivity (Wildman–Crippen MR) is 235 cm³/mol. The normalized spacial score (nSPS) is 11.3. The summed E-state index contributed by atoms with van der Waals surface area (Å²) in [6, 6.07) is 81.6. The fourth-order valence-electron chi connectivity index (χ4n) is 8.20. The van der Waals surface area contributed by atoms with Gasteiger partial charge in [-0.15, -0.1) is 0 Å². The zero-order valence-electron chi connectivity index (χ0n) is 30.3. The lowest BCUT2D eigenvalue weighted by atomic mass is 9.84. The Labute approximate surface area is 322 Å². The van der Waals surface area contributed by atoms with E-state index in [0.29, 0.717) is 0 Å². The topological polar surface area (TPSA) is 3.24 Å². The van der Waals surface area contributed by atoms with Gasteiger partial charge in [0.15, 0.2) is 0 Å². The molecule has 0 aliphatic rings. The van der Waals surface area contributed by atoms with E-state index in [0.717, 1.165) is 17.1 Å².